The molecule has 0 aliphatic rings. The highest BCUT2D eigenvalue weighted by atomic mass is 15.1. The van der Waals surface area contributed by atoms with E-state index in [9.17, 15) is 5.26 Å². The molecule has 3 rings (SSSR count). The molecule has 0 fully saturated rings. The van der Waals surface area contributed by atoms with Crippen molar-refractivity contribution in [3.8, 4) is 6.07 Å². The second-order valence-corrected chi connectivity index (χ2v) is 4.94. The molecule has 0 aliphatic carbocycles. The van der Waals surface area contributed by atoms with Crippen LogP contribution in [0.2, 0.25) is 0 Å². The highest BCUT2D eigenvalue weighted by molar-refractivity contribution is 5.44. The minimum atomic E-state index is -0.386. The zero-order valence-corrected chi connectivity index (χ0v) is 11.8. The fourth-order valence-corrected chi connectivity index (χ4v) is 2.50. The van der Waals surface area contributed by atoms with Gasteiger partial charge in [0.15, 0.2) is 0 Å². The van der Waals surface area contributed by atoms with Crippen LogP contribution in [0.5, 0.6) is 0 Å². The van der Waals surface area contributed by atoms with Gasteiger partial charge in [-0.3, -0.25) is 5.32 Å². The summed E-state index contributed by atoms with van der Waals surface area (Å²) in [6.45, 7) is 2.59. The molecule has 1 N–H and O–H groups in total. The monoisotopic (exact) mass is 276 g/mol. The Balaban J connectivity index is 1.89. The smallest absolute Gasteiger partial charge is 0.138 e. The van der Waals surface area contributed by atoms with E-state index in [0.29, 0.717) is 6.54 Å². The van der Waals surface area contributed by atoms with Gasteiger partial charge in [0.1, 0.15) is 11.7 Å². The lowest BCUT2D eigenvalue weighted by molar-refractivity contribution is 0.610. The fraction of sp³-hybridized carbons (Fsp3) is 0.176. The lowest BCUT2D eigenvalue weighted by atomic mass is 10.1. The third-order valence-corrected chi connectivity index (χ3v) is 3.51. The standard InChI is InChI=1S/C17H16N4/c1-13-17(21-10-6-5-9-16(21)20-13)15(11-18)19-12-14-7-3-2-4-8-14/h2-10,15,19H,12H2,1H3. The fourth-order valence-electron chi connectivity index (χ4n) is 2.50. The number of hydrogen-bond acceptors (Lipinski definition) is 3. The van der Waals surface area contributed by atoms with Crippen LogP contribution in [0.4, 0.5) is 0 Å². The molecule has 1 unspecified atom stereocenters. The van der Waals surface area contributed by atoms with Crippen LogP contribution in [0.1, 0.15) is 23.0 Å². The molecule has 0 spiro atoms. The number of nitrogens with zero attached hydrogens (tertiary/aromatic N) is 3. The highest BCUT2D eigenvalue weighted by Gasteiger charge is 2.18. The molecule has 4 heteroatoms. The Morgan fingerprint density at radius 2 is 1.95 bits per heavy atom. The number of hydrogen-bond donors (Lipinski definition) is 1. The topological polar surface area (TPSA) is 53.1 Å². The number of imidazole rings is 1. The Bertz CT molecular complexity index is 783. The van der Waals surface area contributed by atoms with Crippen molar-refractivity contribution in [1.29, 1.82) is 5.26 Å². The van der Waals surface area contributed by atoms with Gasteiger partial charge in [-0.1, -0.05) is 36.4 Å². The molecule has 4 nitrogen and oxygen atoms in total. The van der Waals surface area contributed by atoms with Gasteiger partial charge in [-0.05, 0) is 24.6 Å². The quantitative estimate of drug-likeness (QED) is 0.797. The number of fused-ring (bicyclic) bond motifs is 1. The van der Waals surface area contributed by atoms with E-state index in [1.807, 2.05) is 66.1 Å². The van der Waals surface area contributed by atoms with Gasteiger partial charge in [0, 0.05) is 12.7 Å². The van der Waals surface area contributed by atoms with Crippen LogP contribution in [0.25, 0.3) is 5.65 Å². The van der Waals surface area contributed by atoms with Crippen molar-refractivity contribution in [1.82, 2.24) is 14.7 Å². The van der Waals surface area contributed by atoms with Gasteiger partial charge in [-0.25, -0.2) is 4.98 Å². The van der Waals surface area contributed by atoms with Gasteiger partial charge in [-0.15, -0.1) is 0 Å². The summed E-state index contributed by atoms with van der Waals surface area (Å²) in [7, 11) is 0. The number of rotatable bonds is 4. The lowest BCUT2D eigenvalue weighted by Gasteiger charge is -2.12. The number of nitrogens with one attached hydrogen (secondary N) is 1. The Morgan fingerprint density at radius 1 is 1.19 bits per heavy atom. The van der Waals surface area contributed by atoms with Gasteiger partial charge in [0.05, 0.1) is 17.5 Å². The van der Waals surface area contributed by atoms with Gasteiger partial charge in [0.2, 0.25) is 0 Å². The normalized spacial score (nSPS) is 12.2. The maximum absolute atomic E-state index is 9.51. The van der Waals surface area contributed by atoms with Crippen LogP contribution >= 0.6 is 0 Å². The zero-order valence-electron chi connectivity index (χ0n) is 11.8. The van der Waals surface area contributed by atoms with E-state index in [1.54, 1.807) is 0 Å². The largest absolute Gasteiger partial charge is 0.301 e. The van der Waals surface area contributed by atoms with Gasteiger partial charge in [-0.2, -0.15) is 5.26 Å². The summed E-state index contributed by atoms with van der Waals surface area (Å²) < 4.78 is 1.97. The molecule has 0 saturated carbocycles. The Morgan fingerprint density at radius 3 is 2.71 bits per heavy atom. The number of aryl methyl sites for hydroxylation is 1. The Kier molecular flexibility index (Phi) is 3.67. The van der Waals surface area contributed by atoms with Crippen LogP contribution in [0.15, 0.2) is 54.7 Å². The van der Waals surface area contributed by atoms with Gasteiger partial charge >= 0.3 is 0 Å². The minimum absolute atomic E-state index is 0.386. The van der Waals surface area contributed by atoms with Crippen LogP contribution < -0.4 is 5.32 Å². The summed E-state index contributed by atoms with van der Waals surface area (Å²) in [6, 6.07) is 17.9. The van der Waals surface area contributed by atoms with E-state index in [-0.39, 0.29) is 6.04 Å². The molecule has 21 heavy (non-hydrogen) atoms. The Hall–Kier alpha value is -2.64. The molecule has 0 saturated heterocycles. The van der Waals surface area contributed by atoms with Crippen molar-refractivity contribution in [2.45, 2.75) is 19.5 Å². The average molecular weight is 276 g/mol. The molecule has 104 valence electrons. The molecule has 0 radical (unpaired) electrons. The molecule has 3 aromatic rings. The summed E-state index contributed by atoms with van der Waals surface area (Å²) in [5.41, 5.74) is 3.81. The number of benzene rings is 1. The van der Waals surface area contributed by atoms with Crippen LogP contribution in [-0.4, -0.2) is 9.38 Å². The van der Waals surface area contributed by atoms with E-state index >= 15 is 0 Å². The second-order valence-electron chi connectivity index (χ2n) is 4.94. The molecule has 1 aromatic carbocycles. The molecular formula is C17H16N4. The average Bonchev–Trinajstić information content (AvgIpc) is 2.86. The van der Waals surface area contributed by atoms with Crippen molar-refractivity contribution >= 4 is 5.65 Å². The SMILES string of the molecule is Cc1nc2ccccn2c1C(C#N)NCc1ccccc1. The third-order valence-electron chi connectivity index (χ3n) is 3.51. The molecule has 2 aromatic heterocycles. The summed E-state index contributed by atoms with van der Waals surface area (Å²) >= 11 is 0. The molecule has 0 aliphatic heterocycles. The van der Waals surface area contributed by atoms with Crippen LogP contribution in [0.3, 0.4) is 0 Å². The molecule has 2 heterocycles. The molecule has 0 bridgehead atoms. The van der Waals surface area contributed by atoms with Crippen molar-refractivity contribution in [2.75, 3.05) is 0 Å². The van der Waals surface area contributed by atoms with Crippen molar-refractivity contribution in [2.24, 2.45) is 0 Å². The summed E-state index contributed by atoms with van der Waals surface area (Å²) in [4.78, 5) is 4.51. The van der Waals surface area contributed by atoms with Gasteiger partial charge in [0.25, 0.3) is 0 Å². The Labute approximate surface area is 123 Å². The van der Waals surface area contributed by atoms with Crippen molar-refractivity contribution < 1.29 is 0 Å². The minimum Gasteiger partial charge on any atom is -0.301 e. The molecule has 1 atom stereocenters. The lowest BCUT2D eigenvalue weighted by Crippen LogP contribution is -2.21. The predicted molar refractivity (Wildman–Crippen MR) is 81.6 cm³/mol. The first-order valence-electron chi connectivity index (χ1n) is 6.90. The first-order valence-corrected chi connectivity index (χ1v) is 6.90. The van der Waals surface area contributed by atoms with Crippen molar-refractivity contribution in [3.05, 3.63) is 71.7 Å². The van der Waals surface area contributed by atoms with Crippen LogP contribution in [-0.2, 0) is 6.54 Å². The highest BCUT2D eigenvalue weighted by Crippen LogP contribution is 2.19. The third kappa shape index (κ3) is 2.64. The predicted octanol–water partition coefficient (Wildman–Crippen LogP) is 3.00. The first-order chi connectivity index (χ1) is 10.3. The van der Waals surface area contributed by atoms with E-state index in [2.05, 4.69) is 16.4 Å². The zero-order chi connectivity index (χ0) is 14.7. The maximum atomic E-state index is 9.51. The van der Waals surface area contributed by atoms with Crippen LogP contribution in [0, 0.1) is 18.3 Å². The second kappa shape index (κ2) is 5.78. The van der Waals surface area contributed by atoms with E-state index < -0.39 is 0 Å². The molecule has 0 amide bonds. The number of nitriles is 1. The maximum Gasteiger partial charge on any atom is 0.138 e. The van der Waals surface area contributed by atoms with E-state index in [4.69, 9.17) is 0 Å². The van der Waals surface area contributed by atoms with E-state index in [1.165, 1.54) is 0 Å². The first kappa shape index (κ1) is 13.3. The van der Waals surface area contributed by atoms with E-state index in [0.717, 1.165) is 22.6 Å². The summed E-state index contributed by atoms with van der Waals surface area (Å²) in [5, 5.41) is 12.8. The van der Waals surface area contributed by atoms with Gasteiger partial charge < -0.3 is 4.40 Å². The number of aromatic nitrogens is 2. The summed E-state index contributed by atoms with van der Waals surface area (Å²) in [5.74, 6) is 0. The summed E-state index contributed by atoms with van der Waals surface area (Å²) in [6.07, 6.45) is 1.94. The van der Waals surface area contributed by atoms with Crippen molar-refractivity contribution in [3.63, 3.8) is 0 Å². The molecular weight excluding hydrogens is 260 g/mol. The number of pyridine rings is 1.